The number of carbonyl (C=O) groups excluding carboxylic acids is 1. The molecule has 0 aromatic heterocycles. The van der Waals surface area contributed by atoms with Gasteiger partial charge >= 0.3 is 12.4 Å². The van der Waals surface area contributed by atoms with E-state index in [1.807, 2.05) is 26.3 Å². The van der Waals surface area contributed by atoms with Crippen molar-refractivity contribution in [1.29, 1.82) is 0 Å². The van der Waals surface area contributed by atoms with Gasteiger partial charge in [-0.2, -0.15) is 26.3 Å². The Balaban J connectivity index is 2.11. The number of hydrazine groups is 1. The number of nitrogens with one attached hydrogen (secondary N) is 1. The van der Waals surface area contributed by atoms with Gasteiger partial charge in [0.1, 0.15) is 12.2 Å². The van der Waals surface area contributed by atoms with Crippen molar-refractivity contribution in [3.63, 3.8) is 0 Å². The average molecular weight is 524 g/mol. The highest BCUT2D eigenvalue weighted by atomic mass is 19.4. The van der Waals surface area contributed by atoms with E-state index in [1.54, 1.807) is 23.1 Å². The first kappa shape index (κ1) is 29.5. The van der Waals surface area contributed by atoms with E-state index in [1.165, 1.54) is 19.1 Å². The molecule has 1 unspecified atom stereocenters. The molecule has 1 aromatic rings. The summed E-state index contributed by atoms with van der Waals surface area (Å²) < 4.78 is 76.6. The molecule has 1 aromatic carbocycles. The van der Waals surface area contributed by atoms with Crippen molar-refractivity contribution in [2.75, 3.05) is 20.2 Å². The van der Waals surface area contributed by atoms with Crippen molar-refractivity contribution in [3.8, 4) is 0 Å². The second kappa shape index (κ2) is 10.7. The largest absolute Gasteiger partial charge is 0.416 e. The molecule has 0 bridgehead atoms. The average Bonchev–Trinajstić information content (AvgIpc) is 3.01. The highest BCUT2D eigenvalue weighted by Crippen LogP contribution is 2.37. The fraction of sp³-hybridized carbons (Fsp3) is 0.542. The predicted molar refractivity (Wildman–Crippen MR) is 121 cm³/mol. The summed E-state index contributed by atoms with van der Waals surface area (Å²) in [7, 11) is 1.71. The highest BCUT2D eigenvalue weighted by molar-refractivity contribution is 5.93. The zero-order valence-electron chi connectivity index (χ0n) is 20.7. The van der Waals surface area contributed by atoms with Crippen LogP contribution in [0.15, 0.2) is 47.8 Å². The normalized spacial score (nSPS) is 17.9. The molecule has 36 heavy (non-hydrogen) atoms. The lowest BCUT2D eigenvalue weighted by Crippen LogP contribution is -2.39. The third kappa shape index (κ3) is 8.44. The van der Waals surface area contributed by atoms with E-state index in [2.05, 4.69) is 0 Å². The van der Waals surface area contributed by atoms with Crippen LogP contribution in [0.4, 0.5) is 26.3 Å². The van der Waals surface area contributed by atoms with Crippen molar-refractivity contribution in [1.82, 2.24) is 15.5 Å². The fourth-order valence-electron chi connectivity index (χ4n) is 3.64. The number of halogens is 6. The molecule has 1 atom stereocenters. The third-order valence-corrected chi connectivity index (χ3v) is 5.33. The lowest BCUT2D eigenvalue weighted by Gasteiger charge is -2.36. The van der Waals surface area contributed by atoms with Gasteiger partial charge in [-0.15, -0.1) is 0 Å². The summed E-state index contributed by atoms with van der Waals surface area (Å²) in [5, 5.41) is 14.1. The SMILES string of the molecule is CN1C(C(C)(C)C)=CC(=CC(C)(O)CONC(=O)c2cccc(C(F)(F)F)c2)N1CCCC(F)(F)F. The first-order valence-electron chi connectivity index (χ1n) is 11.1. The molecular formula is C24H31F6N3O3. The van der Waals surface area contributed by atoms with Crippen molar-refractivity contribution in [2.24, 2.45) is 5.41 Å². The molecule has 0 aliphatic carbocycles. The number of amides is 1. The van der Waals surface area contributed by atoms with E-state index in [0.29, 0.717) is 11.8 Å². The third-order valence-electron chi connectivity index (χ3n) is 5.33. The second-order valence-electron chi connectivity index (χ2n) is 9.87. The van der Waals surface area contributed by atoms with Gasteiger partial charge in [-0.25, -0.2) is 5.48 Å². The summed E-state index contributed by atoms with van der Waals surface area (Å²) in [5.41, 5.74) is -0.0317. The Morgan fingerprint density at radius 3 is 2.31 bits per heavy atom. The van der Waals surface area contributed by atoms with Crippen LogP contribution >= 0.6 is 0 Å². The first-order chi connectivity index (χ1) is 16.3. The van der Waals surface area contributed by atoms with Gasteiger partial charge in [0.2, 0.25) is 0 Å². The highest BCUT2D eigenvalue weighted by Gasteiger charge is 2.35. The minimum atomic E-state index is -4.62. The number of carbonyl (C=O) groups is 1. The number of alkyl halides is 6. The van der Waals surface area contributed by atoms with E-state index in [4.69, 9.17) is 4.84 Å². The Kier molecular flexibility index (Phi) is 8.78. The van der Waals surface area contributed by atoms with Crippen LogP contribution in [-0.4, -0.2) is 53.0 Å². The second-order valence-corrected chi connectivity index (χ2v) is 9.87. The quantitative estimate of drug-likeness (QED) is 0.351. The molecule has 202 valence electrons. The number of nitrogens with zero attached hydrogens (tertiary/aromatic N) is 2. The van der Waals surface area contributed by atoms with Gasteiger partial charge in [0, 0.05) is 36.7 Å². The molecule has 12 heteroatoms. The van der Waals surface area contributed by atoms with E-state index < -0.39 is 42.5 Å². The standard InChI is InChI=1S/C24H31F6N3O3/c1-21(2,3)19-13-18(33(32(19)5)11-7-10-23(25,26)27)14-22(4,35)15-36-31-20(34)16-8-6-9-17(12-16)24(28,29)30/h6,8-9,12-14,35H,7,10-11,15H2,1-5H3,(H,31,34). The Labute approximate surface area is 206 Å². The molecule has 0 saturated carbocycles. The van der Waals surface area contributed by atoms with Gasteiger partial charge in [-0.3, -0.25) is 19.6 Å². The van der Waals surface area contributed by atoms with Crippen LogP contribution in [0.25, 0.3) is 0 Å². The first-order valence-corrected chi connectivity index (χ1v) is 11.1. The smallest absolute Gasteiger partial charge is 0.383 e. The molecule has 0 radical (unpaired) electrons. The van der Waals surface area contributed by atoms with Gasteiger partial charge in [0.05, 0.1) is 11.3 Å². The number of hydroxylamine groups is 1. The van der Waals surface area contributed by atoms with Crippen molar-refractivity contribution in [2.45, 2.75) is 58.5 Å². The minimum absolute atomic E-state index is 0.0428. The molecule has 1 aliphatic heterocycles. The summed E-state index contributed by atoms with van der Waals surface area (Å²) in [6, 6.07) is 3.76. The zero-order chi connectivity index (χ0) is 27.5. The van der Waals surface area contributed by atoms with Crippen molar-refractivity contribution < 1.29 is 41.1 Å². The predicted octanol–water partition coefficient (Wildman–Crippen LogP) is 5.44. The Morgan fingerprint density at radius 1 is 1.11 bits per heavy atom. The number of aliphatic hydroxyl groups is 1. The van der Waals surface area contributed by atoms with E-state index in [0.717, 1.165) is 17.8 Å². The number of hydrogen-bond donors (Lipinski definition) is 2. The van der Waals surface area contributed by atoms with E-state index in [9.17, 15) is 36.2 Å². The summed E-state index contributed by atoms with van der Waals surface area (Å²) in [6.45, 7) is 6.76. The molecule has 1 heterocycles. The maximum absolute atomic E-state index is 12.9. The molecule has 1 aliphatic rings. The number of hydrogen-bond acceptors (Lipinski definition) is 5. The summed E-state index contributed by atoms with van der Waals surface area (Å²) in [6.07, 6.45) is -6.89. The molecular weight excluding hydrogens is 492 g/mol. The topological polar surface area (TPSA) is 65.0 Å². The van der Waals surface area contributed by atoms with Gasteiger partial charge in [0.25, 0.3) is 5.91 Å². The van der Waals surface area contributed by atoms with Gasteiger partial charge in [-0.1, -0.05) is 26.8 Å². The molecule has 2 rings (SSSR count). The Bertz CT molecular complexity index is 994. The van der Waals surface area contributed by atoms with Crippen LogP contribution in [0.5, 0.6) is 0 Å². The number of benzene rings is 1. The van der Waals surface area contributed by atoms with Crippen LogP contribution < -0.4 is 5.48 Å². The van der Waals surface area contributed by atoms with Crippen LogP contribution in [0.3, 0.4) is 0 Å². The van der Waals surface area contributed by atoms with Gasteiger partial charge in [0.15, 0.2) is 0 Å². The molecule has 0 spiro atoms. The van der Waals surface area contributed by atoms with Crippen molar-refractivity contribution in [3.05, 3.63) is 58.9 Å². The molecule has 1 amide bonds. The molecule has 2 N–H and O–H groups in total. The van der Waals surface area contributed by atoms with E-state index >= 15 is 0 Å². The molecule has 0 saturated heterocycles. The van der Waals surface area contributed by atoms with Gasteiger partial charge in [-0.05, 0) is 43.7 Å². The maximum atomic E-state index is 12.9. The van der Waals surface area contributed by atoms with E-state index in [-0.39, 0.29) is 23.9 Å². The van der Waals surface area contributed by atoms with Crippen molar-refractivity contribution >= 4 is 5.91 Å². The lowest BCUT2D eigenvalue weighted by molar-refractivity contribution is -0.138. The maximum Gasteiger partial charge on any atom is 0.416 e. The lowest BCUT2D eigenvalue weighted by atomic mass is 9.91. The number of allylic oxidation sites excluding steroid dienone is 2. The summed E-state index contributed by atoms with van der Waals surface area (Å²) in [5.74, 6) is -0.936. The summed E-state index contributed by atoms with van der Waals surface area (Å²) in [4.78, 5) is 17.2. The summed E-state index contributed by atoms with van der Waals surface area (Å²) >= 11 is 0. The van der Waals surface area contributed by atoms with Crippen LogP contribution in [-0.2, 0) is 11.0 Å². The fourth-order valence-corrected chi connectivity index (χ4v) is 3.64. The van der Waals surface area contributed by atoms with Crippen LogP contribution in [0.1, 0.15) is 56.5 Å². The van der Waals surface area contributed by atoms with Crippen LogP contribution in [0.2, 0.25) is 0 Å². The molecule has 0 fully saturated rings. The Morgan fingerprint density at radius 2 is 1.75 bits per heavy atom. The van der Waals surface area contributed by atoms with Gasteiger partial charge < -0.3 is 5.11 Å². The Hall–Kier alpha value is -2.73. The van der Waals surface area contributed by atoms with Crippen LogP contribution in [0, 0.1) is 5.41 Å². The minimum Gasteiger partial charge on any atom is -0.383 e. The number of rotatable bonds is 8. The zero-order valence-corrected chi connectivity index (χ0v) is 20.7. The monoisotopic (exact) mass is 523 g/mol. The molecule has 6 nitrogen and oxygen atoms in total.